The monoisotopic (exact) mass is 101 g/mol. The van der Waals surface area contributed by atoms with Gasteiger partial charge in [0.15, 0.2) is 0 Å². The summed E-state index contributed by atoms with van der Waals surface area (Å²) < 4.78 is 0. The van der Waals surface area contributed by atoms with E-state index in [9.17, 15) is 0 Å². The van der Waals surface area contributed by atoms with Crippen LogP contribution in [-0.4, -0.2) is 6.54 Å². The Labute approximate surface area is 43.2 Å². The van der Waals surface area contributed by atoms with Crippen molar-refractivity contribution < 1.29 is 0 Å². The van der Waals surface area contributed by atoms with Crippen molar-refractivity contribution in [3.63, 3.8) is 0 Å². The Morgan fingerprint density at radius 1 is 1.43 bits per heavy atom. The summed E-state index contributed by atoms with van der Waals surface area (Å²) in [6.45, 7) is 2.07. The van der Waals surface area contributed by atoms with Crippen LogP contribution in [0.5, 0.6) is 0 Å². The van der Waals surface area contributed by atoms with Gasteiger partial charge < -0.3 is 17.2 Å². The number of hydrogen-bond donors (Lipinski definition) is 3. The van der Waals surface area contributed by atoms with Gasteiger partial charge >= 0.3 is 0 Å². The van der Waals surface area contributed by atoms with Crippen molar-refractivity contribution in [2.45, 2.75) is 6.92 Å². The van der Waals surface area contributed by atoms with Crippen LogP contribution in [0, 0.1) is 0 Å². The Morgan fingerprint density at radius 2 is 1.86 bits per heavy atom. The fourth-order valence-corrected chi connectivity index (χ4v) is 0.161. The Morgan fingerprint density at radius 3 is 1.86 bits per heavy atom. The molecule has 0 aromatic rings. The molecule has 0 atom stereocenters. The first-order valence-corrected chi connectivity index (χ1v) is 2.09. The second-order valence-electron chi connectivity index (χ2n) is 1.41. The largest absolute Gasteiger partial charge is 0.401 e. The van der Waals surface area contributed by atoms with Crippen molar-refractivity contribution in [1.29, 1.82) is 0 Å². The smallest absolute Gasteiger partial charge is 0.0407 e. The zero-order valence-electron chi connectivity index (χ0n) is 4.44. The summed E-state index contributed by atoms with van der Waals surface area (Å²) in [5, 5.41) is 0. The maximum atomic E-state index is 5.25. The highest BCUT2D eigenvalue weighted by atomic mass is 14.7. The normalized spacial score (nSPS) is 13.4. The summed E-state index contributed by atoms with van der Waals surface area (Å²) in [4.78, 5) is 0. The molecule has 0 aliphatic heterocycles. The van der Waals surface area contributed by atoms with E-state index < -0.39 is 0 Å². The summed E-state index contributed by atoms with van der Waals surface area (Å²) in [5.74, 6) is 0. The second kappa shape index (κ2) is 2.47. The zero-order chi connectivity index (χ0) is 5.86. The Balaban J connectivity index is 3.72. The molecular weight excluding hydrogens is 90.1 g/mol. The quantitative estimate of drug-likeness (QED) is 0.400. The molecule has 7 heavy (non-hydrogen) atoms. The zero-order valence-corrected chi connectivity index (χ0v) is 4.44. The van der Waals surface area contributed by atoms with Gasteiger partial charge in [0.05, 0.1) is 0 Å². The SMILES string of the molecule is C/C(N)=C(/N)CN. The molecule has 0 aliphatic carbocycles. The van der Waals surface area contributed by atoms with Crippen molar-refractivity contribution in [2.75, 3.05) is 6.54 Å². The van der Waals surface area contributed by atoms with E-state index in [0.29, 0.717) is 17.9 Å². The minimum absolute atomic E-state index is 0.350. The topological polar surface area (TPSA) is 78.1 Å². The van der Waals surface area contributed by atoms with Crippen molar-refractivity contribution in [1.82, 2.24) is 0 Å². The first-order valence-electron chi connectivity index (χ1n) is 2.09. The van der Waals surface area contributed by atoms with Crippen molar-refractivity contribution in [3.05, 3.63) is 11.4 Å². The Bertz CT molecular complexity index is 80.9. The fraction of sp³-hybridized carbons (Fsp3) is 0.500. The molecule has 3 heteroatoms. The van der Waals surface area contributed by atoms with E-state index in [-0.39, 0.29) is 0 Å². The molecule has 0 unspecified atom stereocenters. The van der Waals surface area contributed by atoms with E-state index in [0.717, 1.165) is 0 Å². The van der Waals surface area contributed by atoms with E-state index in [1.165, 1.54) is 0 Å². The van der Waals surface area contributed by atoms with E-state index in [1.54, 1.807) is 6.92 Å². The molecule has 0 spiro atoms. The predicted molar refractivity (Wildman–Crippen MR) is 30.1 cm³/mol. The van der Waals surface area contributed by atoms with Crippen LogP contribution in [0.25, 0.3) is 0 Å². The van der Waals surface area contributed by atoms with E-state index in [2.05, 4.69) is 0 Å². The van der Waals surface area contributed by atoms with Gasteiger partial charge in [0, 0.05) is 17.9 Å². The molecule has 0 saturated carbocycles. The molecule has 42 valence electrons. The first kappa shape index (κ1) is 6.30. The van der Waals surface area contributed by atoms with Crippen LogP contribution in [0.1, 0.15) is 6.92 Å². The minimum atomic E-state index is 0.350. The van der Waals surface area contributed by atoms with Crippen molar-refractivity contribution in [2.24, 2.45) is 17.2 Å². The van der Waals surface area contributed by atoms with Gasteiger partial charge in [-0.1, -0.05) is 0 Å². The maximum absolute atomic E-state index is 5.25. The highest BCUT2D eigenvalue weighted by molar-refractivity contribution is 5.04. The molecule has 0 rings (SSSR count). The summed E-state index contributed by atoms with van der Waals surface area (Å²) in [6.07, 6.45) is 0. The lowest BCUT2D eigenvalue weighted by atomic mass is 10.4. The van der Waals surface area contributed by atoms with Gasteiger partial charge in [-0.05, 0) is 6.92 Å². The van der Waals surface area contributed by atoms with Crippen molar-refractivity contribution in [3.8, 4) is 0 Å². The van der Waals surface area contributed by atoms with Gasteiger partial charge in [-0.3, -0.25) is 0 Å². The van der Waals surface area contributed by atoms with Crippen LogP contribution in [0.4, 0.5) is 0 Å². The van der Waals surface area contributed by atoms with Crippen LogP contribution >= 0.6 is 0 Å². The van der Waals surface area contributed by atoms with E-state index >= 15 is 0 Å². The molecule has 0 aromatic carbocycles. The number of rotatable bonds is 1. The lowest BCUT2D eigenvalue weighted by molar-refractivity contribution is 1.05. The van der Waals surface area contributed by atoms with Gasteiger partial charge in [0.2, 0.25) is 0 Å². The van der Waals surface area contributed by atoms with Crippen LogP contribution in [0.2, 0.25) is 0 Å². The first-order chi connectivity index (χ1) is 3.18. The van der Waals surface area contributed by atoms with Crippen LogP contribution in [0.15, 0.2) is 11.4 Å². The minimum Gasteiger partial charge on any atom is -0.401 e. The summed E-state index contributed by atoms with van der Waals surface area (Å²) in [5.41, 5.74) is 16.8. The van der Waals surface area contributed by atoms with E-state index in [1.807, 2.05) is 0 Å². The van der Waals surface area contributed by atoms with Gasteiger partial charge in [0.1, 0.15) is 0 Å². The van der Waals surface area contributed by atoms with Crippen LogP contribution in [-0.2, 0) is 0 Å². The van der Waals surface area contributed by atoms with Gasteiger partial charge in [0.25, 0.3) is 0 Å². The van der Waals surface area contributed by atoms with Crippen molar-refractivity contribution >= 4 is 0 Å². The number of hydrogen-bond acceptors (Lipinski definition) is 3. The molecule has 3 nitrogen and oxygen atoms in total. The number of allylic oxidation sites excluding steroid dienone is 1. The molecule has 0 aliphatic rings. The lowest BCUT2D eigenvalue weighted by Gasteiger charge is -1.95. The average Bonchev–Trinajstić information content (AvgIpc) is 1.65. The molecular formula is C4H11N3. The summed E-state index contributed by atoms with van der Waals surface area (Å²) >= 11 is 0. The predicted octanol–water partition coefficient (Wildman–Crippen LogP) is -0.906. The third-order valence-corrected chi connectivity index (χ3v) is 0.726. The lowest BCUT2D eigenvalue weighted by Crippen LogP contribution is -2.16. The highest BCUT2D eigenvalue weighted by Crippen LogP contribution is 1.82. The molecule has 0 heterocycles. The maximum Gasteiger partial charge on any atom is 0.0407 e. The third kappa shape index (κ3) is 2.05. The van der Waals surface area contributed by atoms with Gasteiger partial charge in [-0.2, -0.15) is 0 Å². The average molecular weight is 101 g/mol. The molecule has 0 bridgehead atoms. The molecule has 6 N–H and O–H groups in total. The fourth-order valence-electron chi connectivity index (χ4n) is 0.161. The van der Waals surface area contributed by atoms with Crippen LogP contribution in [0.3, 0.4) is 0 Å². The summed E-state index contributed by atoms with van der Waals surface area (Å²) in [6, 6.07) is 0. The second-order valence-corrected chi connectivity index (χ2v) is 1.41. The molecule has 0 radical (unpaired) electrons. The molecule has 0 aromatic heterocycles. The van der Waals surface area contributed by atoms with Crippen LogP contribution < -0.4 is 17.2 Å². The molecule has 0 saturated heterocycles. The van der Waals surface area contributed by atoms with E-state index in [4.69, 9.17) is 17.2 Å². The molecule has 0 fully saturated rings. The summed E-state index contributed by atoms with van der Waals surface area (Å²) in [7, 11) is 0. The highest BCUT2D eigenvalue weighted by Gasteiger charge is 1.84. The standard InChI is InChI=1S/C4H11N3/c1-3(6)4(7)2-5/h2,5-7H2,1H3/b4-3-. The van der Waals surface area contributed by atoms with Gasteiger partial charge in [-0.25, -0.2) is 0 Å². The molecule has 0 amide bonds. The Hall–Kier alpha value is -0.700. The number of nitrogens with two attached hydrogens (primary N) is 3. The third-order valence-electron chi connectivity index (χ3n) is 0.726. The van der Waals surface area contributed by atoms with Gasteiger partial charge in [-0.15, -0.1) is 0 Å². The Kier molecular flexibility index (Phi) is 2.22.